The van der Waals surface area contributed by atoms with Gasteiger partial charge in [0.25, 0.3) is 0 Å². The summed E-state index contributed by atoms with van der Waals surface area (Å²) in [5, 5.41) is 8.12. The molecule has 4 rings (SSSR count). The third-order valence-corrected chi connectivity index (χ3v) is 4.16. The number of nitrogens with zero attached hydrogens (tertiary/aromatic N) is 6. The molecule has 29 heavy (non-hydrogen) atoms. The smallest absolute Gasteiger partial charge is 0.340 e. The summed E-state index contributed by atoms with van der Waals surface area (Å²) < 4.78 is 6.99. The fourth-order valence-electron chi connectivity index (χ4n) is 2.84. The Bertz CT molecular complexity index is 1190. The minimum atomic E-state index is -0.542. The molecule has 4 aromatic rings. The van der Waals surface area contributed by atoms with Crippen LogP contribution in [0.2, 0.25) is 0 Å². The molecular formula is C19H18N8O2. The van der Waals surface area contributed by atoms with Crippen LogP contribution in [0.25, 0.3) is 11.0 Å². The molecule has 1 aromatic carbocycles. The Morgan fingerprint density at radius 1 is 1.21 bits per heavy atom. The number of carbonyl (C=O) groups excluding carboxylic acids is 1. The molecule has 0 atom stereocenters. The molecule has 0 unspecified atom stereocenters. The summed E-state index contributed by atoms with van der Waals surface area (Å²) in [4.78, 5) is 29.0. The Hall–Kier alpha value is -4.08. The third-order valence-electron chi connectivity index (χ3n) is 4.16. The number of anilines is 3. The highest BCUT2D eigenvalue weighted by molar-refractivity contribution is 5.93. The minimum absolute atomic E-state index is 0.0264. The highest BCUT2D eigenvalue weighted by Crippen LogP contribution is 2.18. The van der Waals surface area contributed by atoms with Crippen molar-refractivity contribution in [2.45, 2.75) is 13.5 Å². The van der Waals surface area contributed by atoms with Gasteiger partial charge in [-0.25, -0.2) is 9.78 Å². The van der Waals surface area contributed by atoms with Crippen molar-refractivity contribution in [2.24, 2.45) is 7.05 Å². The average Bonchev–Trinajstić information content (AvgIpc) is 3.00. The van der Waals surface area contributed by atoms with E-state index in [1.54, 1.807) is 17.8 Å². The monoisotopic (exact) mass is 390 g/mol. The predicted molar refractivity (Wildman–Crippen MR) is 106 cm³/mol. The van der Waals surface area contributed by atoms with E-state index >= 15 is 0 Å². The van der Waals surface area contributed by atoms with Crippen molar-refractivity contribution in [3.05, 3.63) is 59.7 Å². The van der Waals surface area contributed by atoms with Crippen molar-refractivity contribution in [2.75, 3.05) is 11.1 Å². The van der Waals surface area contributed by atoms with Gasteiger partial charge in [0.05, 0.1) is 11.3 Å². The number of aromatic nitrogens is 6. The minimum Gasteiger partial charge on any atom is -0.454 e. The van der Waals surface area contributed by atoms with Gasteiger partial charge >= 0.3 is 5.97 Å². The van der Waals surface area contributed by atoms with Crippen LogP contribution in [0.4, 0.5) is 17.6 Å². The van der Waals surface area contributed by atoms with Gasteiger partial charge in [0, 0.05) is 24.3 Å². The number of esters is 1. The van der Waals surface area contributed by atoms with Crippen LogP contribution in [0, 0.1) is 6.92 Å². The van der Waals surface area contributed by atoms with Crippen LogP contribution in [0.5, 0.6) is 0 Å². The van der Waals surface area contributed by atoms with E-state index in [9.17, 15) is 4.79 Å². The normalized spacial score (nSPS) is 10.8. The number of nitrogens with two attached hydrogens (primary N) is 1. The second-order valence-corrected chi connectivity index (χ2v) is 6.30. The van der Waals surface area contributed by atoms with E-state index in [-0.39, 0.29) is 24.3 Å². The van der Waals surface area contributed by atoms with Crippen LogP contribution in [-0.2, 0) is 18.4 Å². The summed E-state index contributed by atoms with van der Waals surface area (Å²) in [5.41, 5.74) is 8.35. The van der Waals surface area contributed by atoms with Crippen molar-refractivity contribution >= 4 is 34.6 Å². The number of ether oxygens (including phenoxy) is 1. The van der Waals surface area contributed by atoms with E-state index in [1.165, 1.54) is 6.20 Å². The number of nitrogen functional groups attached to an aromatic ring is 1. The van der Waals surface area contributed by atoms with Gasteiger partial charge in [-0.1, -0.05) is 18.2 Å². The third kappa shape index (κ3) is 3.95. The molecule has 0 aliphatic rings. The number of benzene rings is 1. The molecule has 0 aliphatic carbocycles. The number of fused-ring (bicyclic) bond motifs is 1. The van der Waals surface area contributed by atoms with Crippen molar-refractivity contribution < 1.29 is 9.53 Å². The van der Waals surface area contributed by atoms with Gasteiger partial charge in [-0.2, -0.15) is 20.1 Å². The van der Waals surface area contributed by atoms with Crippen LogP contribution in [-0.4, -0.2) is 35.7 Å². The topological polar surface area (TPSA) is 134 Å². The lowest BCUT2D eigenvalue weighted by atomic mass is 10.2. The van der Waals surface area contributed by atoms with Crippen molar-refractivity contribution in [3.8, 4) is 0 Å². The molecule has 0 bridgehead atoms. The maximum atomic E-state index is 12.4. The maximum absolute atomic E-state index is 12.4. The van der Waals surface area contributed by atoms with Crippen molar-refractivity contribution in [1.82, 2.24) is 29.7 Å². The van der Waals surface area contributed by atoms with E-state index in [1.807, 2.05) is 37.3 Å². The van der Waals surface area contributed by atoms with E-state index in [0.717, 1.165) is 16.8 Å². The molecule has 0 spiro atoms. The molecule has 0 saturated heterocycles. The molecule has 3 heterocycles. The van der Waals surface area contributed by atoms with Gasteiger partial charge in [0.1, 0.15) is 0 Å². The first-order valence-corrected chi connectivity index (χ1v) is 8.78. The molecule has 3 aromatic heterocycles. The molecule has 10 heteroatoms. The van der Waals surface area contributed by atoms with Gasteiger partial charge < -0.3 is 15.8 Å². The number of para-hydroxylation sites is 1. The first kappa shape index (κ1) is 18.3. The fraction of sp³-hybridized carbons (Fsp3) is 0.158. The van der Waals surface area contributed by atoms with Crippen LogP contribution in [0.1, 0.15) is 21.9 Å². The molecule has 0 amide bonds. The van der Waals surface area contributed by atoms with Crippen molar-refractivity contribution in [3.63, 3.8) is 0 Å². The van der Waals surface area contributed by atoms with Gasteiger partial charge in [0.15, 0.2) is 18.1 Å². The first-order chi connectivity index (χ1) is 14.0. The molecular weight excluding hydrogens is 372 g/mol. The zero-order valence-electron chi connectivity index (χ0n) is 15.8. The van der Waals surface area contributed by atoms with Crippen LogP contribution < -0.4 is 11.1 Å². The molecule has 0 saturated carbocycles. The quantitative estimate of drug-likeness (QED) is 0.491. The second kappa shape index (κ2) is 7.50. The Morgan fingerprint density at radius 2 is 2.00 bits per heavy atom. The van der Waals surface area contributed by atoms with Crippen LogP contribution in [0.3, 0.4) is 0 Å². The van der Waals surface area contributed by atoms with E-state index in [4.69, 9.17) is 10.5 Å². The molecule has 0 aliphatic heterocycles. The van der Waals surface area contributed by atoms with E-state index in [2.05, 4.69) is 30.4 Å². The van der Waals surface area contributed by atoms with E-state index < -0.39 is 5.97 Å². The second-order valence-electron chi connectivity index (χ2n) is 6.30. The summed E-state index contributed by atoms with van der Waals surface area (Å²) in [5.74, 6) is -0.0162. The number of rotatable bonds is 5. The van der Waals surface area contributed by atoms with Crippen molar-refractivity contribution in [1.29, 1.82) is 0 Å². The Labute approximate surface area is 165 Å². The van der Waals surface area contributed by atoms with Crippen LogP contribution in [0.15, 0.2) is 42.6 Å². The number of nitrogens with one attached hydrogen (secondary N) is 1. The SMILES string of the molecule is Cc1nn(C)c2ncc(C(=O)OCc3nc(N)nc(Nc4ccccc4)n3)cc12. The van der Waals surface area contributed by atoms with Gasteiger partial charge in [-0.3, -0.25) is 4.68 Å². The zero-order chi connectivity index (χ0) is 20.4. The molecule has 3 N–H and O–H groups in total. The fourth-order valence-corrected chi connectivity index (χ4v) is 2.84. The summed E-state index contributed by atoms with van der Waals surface area (Å²) in [6, 6.07) is 11.1. The molecule has 0 radical (unpaired) electrons. The predicted octanol–water partition coefficient (Wildman–Crippen LogP) is 2.14. The average molecular weight is 390 g/mol. The highest BCUT2D eigenvalue weighted by Gasteiger charge is 2.14. The number of aryl methyl sites for hydroxylation is 2. The molecule has 146 valence electrons. The Kier molecular flexibility index (Phi) is 4.73. The molecule has 10 nitrogen and oxygen atoms in total. The maximum Gasteiger partial charge on any atom is 0.340 e. The summed E-state index contributed by atoms with van der Waals surface area (Å²) in [6.07, 6.45) is 1.45. The van der Waals surface area contributed by atoms with Gasteiger partial charge in [-0.05, 0) is 25.1 Å². The molecule has 0 fully saturated rings. The highest BCUT2D eigenvalue weighted by atomic mass is 16.5. The Morgan fingerprint density at radius 3 is 2.79 bits per heavy atom. The lowest BCUT2D eigenvalue weighted by Gasteiger charge is -2.08. The lowest BCUT2D eigenvalue weighted by Crippen LogP contribution is -2.11. The largest absolute Gasteiger partial charge is 0.454 e. The number of carbonyl (C=O) groups is 1. The number of pyridine rings is 1. The summed E-state index contributed by atoms with van der Waals surface area (Å²) in [7, 11) is 1.80. The first-order valence-electron chi connectivity index (χ1n) is 8.78. The van der Waals surface area contributed by atoms with Gasteiger partial charge in [-0.15, -0.1) is 0 Å². The standard InChI is InChI=1S/C19H18N8O2/c1-11-14-8-12(9-21-16(14)27(2)26-11)17(28)29-10-15-23-18(20)25-19(24-15)22-13-6-4-3-5-7-13/h3-9H,10H2,1-2H3,(H3,20,22,23,24,25). The van der Waals surface area contributed by atoms with E-state index in [0.29, 0.717) is 11.2 Å². The van der Waals surface area contributed by atoms with Gasteiger partial charge in [0.2, 0.25) is 11.9 Å². The Balaban J connectivity index is 1.48. The number of hydrogen-bond donors (Lipinski definition) is 2. The summed E-state index contributed by atoms with van der Waals surface area (Å²) >= 11 is 0. The zero-order valence-corrected chi connectivity index (χ0v) is 15.8. The summed E-state index contributed by atoms with van der Waals surface area (Å²) in [6.45, 7) is 1.70. The lowest BCUT2D eigenvalue weighted by molar-refractivity contribution is 0.0462. The van der Waals surface area contributed by atoms with Crippen LogP contribution >= 0.6 is 0 Å². The number of hydrogen-bond acceptors (Lipinski definition) is 9.